The molecule has 0 saturated carbocycles. The Morgan fingerprint density at radius 3 is 2.51 bits per heavy atom. The van der Waals surface area contributed by atoms with E-state index in [0.717, 1.165) is 6.07 Å². The van der Waals surface area contributed by atoms with Gasteiger partial charge in [0.05, 0.1) is 17.2 Å². The molecule has 0 radical (unpaired) electrons. The number of nitrogens with one attached hydrogen (secondary N) is 1. The predicted molar refractivity (Wildman–Crippen MR) is 133 cm³/mol. The fourth-order valence-electron chi connectivity index (χ4n) is 5.20. The van der Waals surface area contributed by atoms with Gasteiger partial charge in [0, 0.05) is 44.0 Å². The summed E-state index contributed by atoms with van der Waals surface area (Å²) in [5, 5.41) is 15.9. The van der Waals surface area contributed by atoms with Crippen LogP contribution in [0.25, 0.3) is 11.0 Å². The molecule has 41 heavy (non-hydrogen) atoms. The lowest BCUT2D eigenvalue weighted by Crippen LogP contribution is -2.35. The van der Waals surface area contributed by atoms with Crippen molar-refractivity contribution in [3.63, 3.8) is 0 Å². The van der Waals surface area contributed by atoms with E-state index in [4.69, 9.17) is 0 Å². The number of rotatable bonds is 5. The average molecular weight is 579 g/mol. The van der Waals surface area contributed by atoms with E-state index in [9.17, 15) is 27.5 Å². The van der Waals surface area contributed by atoms with Crippen molar-refractivity contribution < 1.29 is 36.4 Å². The molecule has 2 fully saturated rings. The second kappa shape index (κ2) is 10.2. The summed E-state index contributed by atoms with van der Waals surface area (Å²) in [5.74, 6) is -3.35. The van der Waals surface area contributed by atoms with Crippen molar-refractivity contribution in [3.05, 3.63) is 53.8 Å². The topological polar surface area (TPSA) is 125 Å². The molecule has 5 heterocycles. The smallest absolute Gasteiger partial charge is 0.391 e. The fraction of sp³-hybridized carbons (Fsp3) is 0.400. The minimum atomic E-state index is -4.74. The number of benzene rings is 1. The first-order valence-corrected chi connectivity index (χ1v) is 12.8. The number of aliphatic hydroxyl groups excluding tert-OH is 1. The van der Waals surface area contributed by atoms with Crippen LogP contribution in [-0.4, -0.2) is 72.9 Å². The van der Waals surface area contributed by atoms with Gasteiger partial charge in [0.15, 0.2) is 5.82 Å². The van der Waals surface area contributed by atoms with Crippen LogP contribution >= 0.6 is 0 Å². The number of amides is 1. The Morgan fingerprint density at radius 2 is 1.85 bits per heavy atom. The average Bonchev–Trinajstić information content (AvgIpc) is 3.69. The van der Waals surface area contributed by atoms with Gasteiger partial charge < -0.3 is 29.3 Å². The van der Waals surface area contributed by atoms with Gasteiger partial charge >= 0.3 is 12.1 Å². The number of alkyl halides is 3. The molecule has 0 aliphatic carbocycles. The fourth-order valence-corrected chi connectivity index (χ4v) is 5.20. The Kier molecular flexibility index (Phi) is 6.71. The maximum Gasteiger partial charge on any atom is 0.471 e. The molecule has 1 amide bonds. The van der Waals surface area contributed by atoms with E-state index in [1.165, 1.54) is 29.6 Å². The van der Waals surface area contributed by atoms with Gasteiger partial charge in [-0.25, -0.2) is 18.7 Å². The molecule has 2 N–H and O–H groups in total. The number of hydrogen-bond acceptors (Lipinski definition) is 9. The lowest BCUT2D eigenvalue weighted by Gasteiger charge is -2.31. The van der Waals surface area contributed by atoms with Gasteiger partial charge in [0.2, 0.25) is 0 Å². The molecule has 16 heteroatoms. The Morgan fingerprint density at radius 1 is 1.07 bits per heavy atom. The molecule has 0 bridgehead atoms. The van der Waals surface area contributed by atoms with E-state index in [2.05, 4.69) is 29.9 Å². The van der Waals surface area contributed by atoms with Crippen molar-refractivity contribution in [1.82, 2.24) is 29.6 Å². The lowest BCUT2D eigenvalue weighted by molar-refractivity contribution is -0.159. The first-order chi connectivity index (χ1) is 19.6. The summed E-state index contributed by atoms with van der Waals surface area (Å²) in [6, 6.07) is 3.63. The van der Waals surface area contributed by atoms with Crippen molar-refractivity contribution in [1.29, 1.82) is 0 Å². The highest BCUT2D eigenvalue weighted by Gasteiger charge is 2.39. The van der Waals surface area contributed by atoms with Gasteiger partial charge in [-0.1, -0.05) is 0 Å². The van der Waals surface area contributed by atoms with Gasteiger partial charge in [-0.2, -0.15) is 18.2 Å². The van der Waals surface area contributed by atoms with Crippen LogP contribution in [0.5, 0.6) is 0 Å². The van der Waals surface area contributed by atoms with Crippen LogP contribution in [0.1, 0.15) is 41.6 Å². The van der Waals surface area contributed by atoms with E-state index >= 15 is 4.39 Å². The second-order valence-electron chi connectivity index (χ2n) is 9.93. The van der Waals surface area contributed by atoms with Crippen molar-refractivity contribution in [2.45, 2.75) is 37.6 Å². The van der Waals surface area contributed by atoms with Gasteiger partial charge in [0.25, 0.3) is 11.9 Å². The zero-order valence-electron chi connectivity index (χ0n) is 21.3. The first-order valence-electron chi connectivity index (χ1n) is 12.8. The molecule has 4 aromatic rings. The molecule has 11 nitrogen and oxygen atoms in total. The largest absolute Gasteiger partial charge is 0.471 e. The van der Waals surface area contributed by atoms with E-state index in [1.807, 2.05) is 0 Å². The quantitative estimate of drug-likeness (QED) is 0.339. The molecule has 1 aromatic carbocycles. The van der Waals surface area contributed by atoms with Crippen LogP contribution in [0.15, 0.2) is 35.2 Å². The molecule has 3 aromatic heterocycles. The van der Waals surface area contributed by atoms with E-state index in [1.54, 1.807) is 9.47 Å². The van der Waals surface area contributed by atoms with Gasteiger partial charge in [-0.3, -0.25) is 4.79 Å². The van der Waals surface area contributed by atoms with Crippen LogP contribution in [0.3, 0.4) is 0 Å². The van der Waals surface area contributed by atoms with Crippen molar-refractivity contribution in [2.24, 2.45) is 0 Å². The van der Waals surface area contributed by atoms with Crippen molar-refractivity contribution >= 4 is 34.4 Å². The Balaban J connectivity index is 1.18. The van der Waals surface area contributed by atoms with Crippen molar-refractivity contribution in [2.75, 3.05) is 36.4 Å². The highest BCUT2D eigenvalue weighted by molar-refractivity contribution is 5.95. The number of likely N-dealkylation sites (tertiary alicyclic amines) is 1. The molecule has 1 atom stereocenters. The monoisotopic (exact) mass is 578 g/mol. The number of piperidine rings is 1. The van der Waals surface area contributed by atoms with Crippen LogP contribution in [0.2, 0.25) is 0 Å². The predicted octanol–water partition coefficient (Wildman–Crippen LogP) is 3.90. The molecular weight excluding hydrogens is 555 g/mol. The van der Waals surface area contributed by atoms with Gasteiger partial charge in [-0.05, 0) is 42.6 Å². The summed E-state index contributed by atoms with van der Waals surface area (Å²) in [4.78, 5) is 27.4. The third kappa shape index (κ3) is 5.14. The number of aliphatic hydroxyl groups is 1. The summed E-state index contributed by atoms with van der Waals surface area (Å²) >= 11 is 0. The number of anilines is 3. The SMILES string of the molecule is O=C(c1ccc(Nc2ncnc3c2c(F)cn3C2CCN(c3noc(C(F)(F)F)n3)CC2)c(F)c1)N1CC[C@H](O)C1. The van der Waals surface area contributed by atoms with Crippen LogP contribution < -0.4 is 10.2 Å². The Bertz CT molecular complexity index is 1600. The first kappa shape index (κ1) is 26.9. The van der Waals surface area contributed by atoms with Crippen LogP contribution in [-0.2, 0) is 6.18 Å². The van der Waals surface area contributed by atoms with E-state index < -0.39 is 35.7 Å². The maximum absolute atomic E-state index is 15.2. The standard InChI is InChI=1S/C25H23F5N8O3/c26-16-9-13(22(40)37-8-5-15(39)10-37)1-2-18(16)33-20-19-17(27)11-38(21(19)32-12-31-20)14-3-6-36(7-4-14)24-34-23(41-35-24)25(28,29)30/h1-2,9,11-12,14-15,39H,3-8,10H2,(H,31,32,33)/t15-/m0/s1. The summed E-state index contributed by atoms with van der Waals surface area (Å²) in [7, 11) is 0. The van der Waals surface area contributed by atoms with Crippen LogP contribution in [0.4, 0.5) is 39.4 Å². The van der Waals surface area contributed by atoms with Gasteiger partial charge in [-0.15, -0.1) is 0 Å². The molecule has 216 valence electrons. The van der Waals surface area contributed by atoms with E-state index in [0.29, 0.717) is 38.9 Å². The van der Waals surface area contributed by atoms with Crippen molar-refractivity contribution in [3.8, 4) is 0 Å². The second-order valence-corrected chi connectivity index (χ2v) is 9.93. The van der Waals surface area contributed by atoms with Gasteiger partial charge in [0.1, 0.15) is 23.6 Å². The number of β-amino-alcohol motifs (C(OH)–C–C–N with tert-alkyl or cyclic N) is 1. The number of fused-ring (bicyclic) bond motifs is 1. The molecule has 2 aliphatic heterocycles. The Labute approximate surface area is 228 Å². The molecule has 2 saturated heterocycles. The highest BCUT2D eigenvalue weighted by Crippen LogP contribution is 2.34. The summed E-state index contributed by atoms with van der Waals surface area (Å²) < 4.78 is 74.5. The summed E-state index contributed by atoms with van der Waals surface area (Å²) in [6.07, 6.45) is -1.53. The number of halogens is 5. The maximum atomic E-state index is 15.2. The normalized spacial score (nSPS) is 18.4. The number of hydrogen-bond donors (Lipinski definition) is 2. The minimum Gasteiger partial charge on any atom is -0.391 e. The highest BCUT2D eigenvalue weighted by atomic mass is 19.4. The van der Waals surface area contributed by atoms with Crippen LogP contribution in [0, 0.1) is 11.6 Å². The molecule has 2 aliphatic rings. The Hall–Kier alpha value is -4.34. The molecular formula is C25H23F5N8O3. The number of aromatic nitrogens is 5. The molecule has 6 rings (SSSR count). The molecule has 0 spiro atoms. The summed E-state index contributed by atoms with van der Waals surface area (Å²) in [5.41, 5.74) is 0.355. The number of carbonyl (C=O) groups excluding carboxylic acids is 1. The molecule has 0 unspecified atom stereocenters. The zero-order chi connectivity index (χ0) is 28.9. The zero-order valence-corrected chi connectivity index (χ0v) is 21.3. The lowest BCUT2D eigenvalue weighted by atomic mass is 10.1. The third-order valence-corrected chi connectivity index (χ3v) is 7.28. The number of nitrogens with zero attached hydrogens (tertiary/aromatic N) is 7. The minimum absolute atomic E-state index is 0.0239. The van der Waals surface area contributed by atoms with E-state index in [-0.39, 0.29) is 46.6 Å². The number of carbonyl (C=O) groups is 1. The summed E-state index contributed by atoms with van der Waals surface area (Å²) in [6.45, 7) is 1.16. The third-order valence-electron chi connectivity index (χ3n) is 7.28.